The van der Waals surface area contributed by atoms with Gasteiger partial charge in [0, 0.05) is 13.6 Å². The first-order chi connectivity index (χ1) is 8.14. The largest absolute Gasteiger partial charge is 0.389 e. The second-order valence-corrected chi connectivity index (χ2v) is 5.96. The van der Waals surface area contributed by atoms with Gasteiger partial charge in [0.25, 0.3) is 0 Å². The van der Waals surface area contributed by atoms with Crippen molar-refractivity contribution < 1.29 is 9.90 Å². The molecule has 0 unspecified atom stereocenters. The lowest BCUT2D eigenvalue weighted by Gasteiger charge is -2.33. The van der Waals surface area contributed by atoms with E-state index in [1.807, 2.05) is 44.2 Å². The summed E-state index contributed by atoms with van der Waals surface area (Å²) in [5, 5.41) is 9.78. The second-order valence-electron chi connectivity index (χ2n) is 5.96. The van der Waals surface area contributed by atoms with Crippen molar-refractivity contribution in [3.8, 4) is 0 Å². The van der Waals surface area contributed by atoms with Crippen LogP contribution in [0, 0.1) is 0 Å². The Morgan fingerprint density at radius 3 is 2.11 bits per heavy atom. The van der Waals surface area contributed by atoms with E-state index in [0.717, 1.165) is 5.56 Å². The van der Waals surface area contributed by atoms with Crippen LogP contribution in [0.15, 0.2) is 30.3 Å². The van der Waals surface area contributed by atoms with Gasteiger partial charge in [-0.25, -0.2) is 0 Å². The Morgan fingerprint density at radius 1 is 1.17 bits per heavy atom. The van der Waals surface area contributed by atoms with Gasteiger partial charge in [0.15, 0.2) is 0 Å². The third-order valence-corrected chi connectivity index (χ3v) is 3.00. The molecule has 1 N–H and O–H groups in total. The zero-order valence-corrected chi connectivity index (χ0v) is 11.9. The number of nitrogens with zero attached hydrogens (tertiary/aromatic N) is 1. The van der Waals surface area contributed by atoms with Gasteiger partial charge >= 0.3 is 0 Å². The number of carbonyl (C=O) groups is 1. The molecule has 1 amide bonds. The number of likely N-dealkylation sites (N-methyl/N-ethyl adjacent to an activating group) is 1. The fourth-order valence-corrected chi connectivity index (χ4v) is 2.11. The van der Waals surface area contributed by atoms with Crippen LogP contribution >= 0.6 is 0 Å². The third kappa shape index (κ3) is 3.57. The number of hydrogen-bond acceptors (Lipinski definition) is 2. The van der Waals surface area contributed by atoms with Gasteiger partial charge in [-0.15, -0.1) is 0 Å². The molecular weight excluding hydrogens is 226 g/mol. The molecule has 0 heterocycles. The lowest BCUT2D eigenvalue weighted by molar-refractivity contribution is -0.137. The molecule has 3 heteroatoms. The minimum Gasteiger partial charge on any atom is -0.389 e. The van der Waals surface area contributed by atoms with Gasteiger partial charge in [-0.05, 0) is 33.3 Å². The summed E-state index contributed by atoms with van der Waals surface area (Å²) in [7, 11) is 1.73. The lowest BCUT2D eigenvalue weighted by Crippen LogP contribution is -2.46. The van der Waals surface area contributed by atoms with Gasteiger partial charge in [0.05, 0.1) is 11.0 Å². The number of hydrogen-bond donors (Lipinski definition) is 1. The first-order valence-corrected chi connectivity index (χ1v) is 6.18. The lowest BCUT2D eigenvalue weighted by atomic mass is 9.83. The van der Waals surface area contributed by atoms with Crippen LogP contribution in [0.5, 0.6) is 0 Å². The molecular formula is C15H23NO2. The van der Waals surface area contributed by atoms with E-state index in [0.29, 0.717) is 6.54 Å². The van der Waals surface area contributed by atoms with Crippen molar-refractivity contribution in [1.29, 1.82) is 0 Å². The quantitative estimate of drug-likeness (QED) is 0.888. The molecule has 0 aliphatic rings. The molecule has 0 saturated carbocycles. The maximum atomic E-state index is 12.5. The number of rotatable bonds is 4. The van der Waals surface area contributed by atoms with E-state index >= 15 is 0 Å². The standard InChI is InChI=1S/C15H23NO2/c1-14(2,18)11-16(5)13(17)15(3,4)12-9-7-6-8-10-12/h6-10,18H,11H2,1-5H3. The highest BCUT2D eigenvalue weighted by atomic mass is 16.3. The summed E-state index contributed by atoms with van der Waals surface area (Å²) < 4.78 is 0. The average Bonchev–Trinajstić information content (AvgIpc) is 2.27. The Bertz CT molecular complexity index is 404. The zero-order chi connectivity index (χ0) is 14.0. The van der Waals surface area contributed by atoms with E-state index in [1.54, 1.807) is 25.8 Å². The van der Waals surface area contributed by atoms with Crippen molar-refractivity contribution in [3.05, 3.63) is 35.9 Å². The normalized spacial score (nSPS) is 12.3. The SMILES string of the molecule is CN(CC(C)(C)O)C(=O)C(C)(C)c1ccccc1. The Morgan fingerprint density at radius 2 is 1.67 bits per heavy atom. The predicted molar refractivity (Wildman–Crippen MR) is 73.4 cm³/mol. The highest BCUT2D eigenvalue weighted by Crippen LogP contribution is 2.25. The Labute approximate surface area is 109 Å². The highest BCUT2D eigenvalue weighted by Gasteiger charge is 2.33. The molecule has 0 aliphatic heterocycles. The molecule has 1 aromatic carbocycles. The molecule has 0 saturated heterocycles. The van der Waals surface area contributed by atoms with E-state index in [2.05, 4.69) is 0 Å². The summed E-state index contributed by atoms with van der Waals surface area (Å²) in [6.45, 7) is 7.54. The van der Waals surface area contributed by atoms with Crippen molar-refractivity contribution in [1.82, 2.24) is 4.90 Å². The molecule has 3 nitrogen and oxygen atoms in total. The molecule has 1 aromatic rings. The van der Waals surface area contributed by atoms with Gasteiger partial charge in [-0.3, -0.25) is 4.79 Å². The van der Waals surface area contributed by atoms with E-state index in [9.17, 15) is 9.90 Å². The average molecular weight is 249 g/mol. The number of carbonyl (C=O) groups excluding carboxylic acids is 1. The summed E-state index contributed by atoms with van der Waals surface area (Å²) >= 11 is 0. The maximum absolute atomic E-state index is 12.5. The van der Waals surface area contributed by atoms with Crippen molar-refractivity contribution >= 4 is 5.91 Å². The highest BCUT2D eigenvalue weighted by molar-refractivity contribution is 5.87. The molecule has 0 aliphatic carbocycles. The van der Waals surface area contributed by atoms with E-state index in [4.69, 9.17) is 0 Å². The Hall–Kier alpha value is -1.35. The fourth-order valence-electron chi connectivity index (χ4n) is 2.11. The second kappa shape index (κ2) is 5.11. The molecule has 0 bridgehead atoms. The Kier molecular flexibility index (Phi) is 4.17. The Balaban J connectivity index is 2.89. The smallest absolute Gasteiger partial charge is 0.232 e. The van der Waals surface area contributed by atoms with E-state index in [1.165, 1.54) is 0 Å². The minimum absolute atomic E-state index is 0.0100. The fraction of sp³-hybridized carbons (Fsp3) is 0.533. The van der Waals surface area contributed by atoms with Gasteiger partial charge in [-0.2, -0.15) is 0 Å². The van der Waals surface area contributed by atoms with Crippen LogP contribution in [0.1, 0.15) is 33.3 Å². The van der Waals surface area contributed by atoms with Gasteiger partial charge in [0.2, 0.25) is 5.91 Å². The van der Waals surface area contributed by atoms with Crippen LogP contribution in [0.25, 0.3) is 0 Å². The zero-order valence-electron chi connectivity index (χ0n) is 11.9. The van der Waals surface area contributed by atoms with Gasteiger partial charge in [0.1, 0.15) is 0 Å². The number of benzene rings is 1. The summed E-state index contributed by atoms with van der Waals surface area (Å²) in [5.41, 5.74) is -0.476. The predicted octanol–water partition coefficient (Wildman–Crippen LogP) is 2.19. The van der Waals surface area contributed by atoms with Crippen LogP contribution in [-0.2, 0) is 10.2 Å². The van der Waals surface area contributed by atoms with Crippen molar-refractivity contribution in [3.63, 3.8) is 0 Å². The minimum atomic E-state index is -0.878. The monoisotopic (exact) mass is 249 g/mol. The molecule has 0 fully saturated rings. The van der Waals surface area contributed by atoms with Crippen LogP contribution < -0.4 is 0 Å². The number of aliphatic hydroxyl groups is 1. The van der Waals surface area contributed by atoms with Crippen LogP contribution in [0.4, 0.5) is 0 Å². The topological polar surface area (TPSA) is 40.5 Å². The van der Waals surface area contributed by atoms with E-state index in [-0.39, 0.29) is 5.91 Å². The summed E-state index contributed by atoms with van der Waals surface area (Å²) in [5.74, 6) is 0.0100. The van der Waals surface area contributed by atoms with Crippen molar-refractivity contribution in [2.75, 3.05) is 13.6 Å². The molecule has 0 aromatic heterocycles. The van der Waals surface area contributed by atoms with Crippen molar-refractivity contribution in [2.45, 2.75) is 38.7 Å². The summed E-state index contributed by atoms with van der Waals surface area (Å²) in [6, 6.07) is 9.71. The summed E-state index contributed by atoms with van der Waals surface area (Å²) in [4.78, 5) is 14.0. The van der Waals surface area contributed by atoms with Crippen LogP contribution in [0.2, 0.25) is 0 Å². The summed E-state index contributed by atoms with van der Waals surface area (Å²) in [6.07, 6.45) is 0. The van der Waals surface area contributed by atoms with Gasteiger partial charge < -0.3 is 10.0 Å². The molecule has 0 spiro atoms. The molecule has 100 valence electrons. The first kappa shape index (κ1) is 14.7. The van der Waals surface area contributed by atoms with Gasteiger partial charge in [-0.1, -0.05) is 30.3 Å². The molecule has 1 rings (SSSR count). The molecule has 0 radical (unpaired) electrons. The van der Waals surface area contributed by atoms with Crippen LogP contribution in [0.3, 0.4) is 0 Å². The van der Waals surface area contributed by atoms with Crippen molar-refractivity contribution in [2.24, 2.45) is 0 Å². The third-order valence-electron chi connectivity index (χ3n) is 3.00. The first-order valence-electron chi connectivity index (χ1n) is 6.18. The number of amides is 1. The van der Waals surface area contributed by atoms with E-state index < -0.39 is 11.0 Å². The molecule has 0 atom stereocenters. The maximum Gasteiger partial charge on any atom is 0.232 e. The van der Waals surface area contributed by atoms with Crippen LogP contribution in [-0.4, -0.2) is 35.1 Å². The molecule has 18 heavy (non-hydrogen) atoms.